The minimum Gasteiger partial charge on any atom is -0.438 e. The summed E-state index contributed by atoms with van der Waals surface area (Å²) in [6.45, 7) is 0. The standard InChI is InChI=1S/C62H38N4O2/c1-3-16-39(17-4-1)41-30-34-43(35-31-41)57-55-51-26-11-13-28-53(51)67-61(55)65-59(63-57)46-21-15-20-45(38-46)47-22-7-8-23-48(47)49-24-9-10-25-50(49)60-64-58(56-52-27-12-14-29-54(52)68-62(56)66-60)44-36-32-42(33-37-44)40-18-5-2-6-19-40/h1-38H. The molecule has 0 aliphatic heterocycles. The lowest BCUT2D eigenvalue weighted by Crippen LogP contribution is -1.97. The molecule has 0 saturated carbocycles. The van der Waals surface area contributed by atoms with Gasteiger partial charge in [0, 0.05) is 33.0 Å². The zero-order valence-electron chi connectivity index (χ0n) is 36.5. The average Bonchev–Trinajstić information content (AvgIpc) is 4.00. The molecule has 0 N–H and O–H groups in total. The van der Waals surface area contributed by atoms with E-state index in [-0.39, 0.29) is 0 Å². The summed E-state index contributed by atoms with van der Waals surface area (Å²) in [5.74, 6) is 1.16. The lowest BCUT2D eigenvalue weighted by atomic mass is 9.91. The number of fused-ring (bicyclic) bond motifs is 6. The molecule has 0 atom stereocenters. The number of aromatic nitrogens is 4. The van der Waals surface area contributed by atoms with Gasteiger partial charge in [0.1, 0.15) is 11.2 Å². The van der Waals surface area contributed by atoms with Gasteiger partial charge < -0.3 is 8.83 Å². The van der Waals surface area contributed by atoms with Crippen LogP contribution in [0.3, 0.4) is 0 Å². The molecule has 0 amide bonds. The molecular weight excluding hydrogens is 833 g/mol. The molecule has 13 rings (SSSR count). The number of nitrogens with zero attached hydrogens (tertiary/aromatic N) is 4. The van der Waals surface area contributed by atoms with Gasteiger partial charge >= 0.3 is 0 Å². The quantitative estimate of drug-likeness (QED) is 0.151. The SMILES string of the molecule is c1ccc(-c2ccc(-c3nc(-c4cccc(-c5ccccc5-c5ccccc5-c5nc(-c6ccc(-c7ccccc7)cc6)c6c(n5)oc5ccccc56)c4)nc4oc5ccccc5c34)cc2)cc1. The zero-order valence-corrected chi connectivity index (χ0v) is 36.5. The minimum atomic E-state index is 0.544. The van der Waals surface area contributed by atoms with Crippen molar-refractivity contribution in [3.05, 3.63) is 231 Å². The lowest BCUT2D eigenvalue weighted by molar-refractivity contribution is 0.653. The van der Waals surface area contributed by atoms with Gasteiger partial charge in [-0.15, -0.1) is 0 Å². The summed E-state index contributed by atoms with van der Waals surface area (Å²) in [7, 11) is 0. The van der Waals surface area contributed by atoms with E-state index < -0.39 is 0 Å². The smallest absolute Gasteiger partial charge is 0.231 e. The first-order chi connectivity index (χ1) is 33.7. The summed E-state index contributed by atoms with van der Waals surface area (Å²) < 4.78 is 12.9. The molecule has 0 saturated heterocycles. The van der Waals surface area contributed by atoms with Crippen LogP contribution in [0.5, 0.6) is 0 Å². The first-order valence-electron chi connectivity index (χ1n) is 22.7. The van der Waals surface area contributed by atoms with Gasteiger partial charge in [-0.25, -0.2) is 9.97 Å². The molecule has 0 aliphatic rings. The van der Waals surface area contributed by atoms with Crippen LogP contribution in [0, 0.1) is 0 Å². The van der Waals surface area contributed by atoms with Crippen LogP contribution >= 0.6 is 0 Å². The predicted octanol–water partition coefficient (Wildman–Crippen LogP) is 16.4. The zero-order chi connectivity index (χ0) is 45.0. The second-order valence-corrected chi connectivity index (χ2v) is 16.9. The number of hydrogen-bond acceptors (Lipinski definition) is 6. The summed E-state index contributed by atoms with van der Waals surface area (Å²) >= 11 is 0. The van der Waals surface area contributed by atoms with E-state index in [1.807, 2.05) is 54.6 Å². The Hall–Kier alpha value is -9.26. The number of benzene rings is 9. The molecule has 6 heteroatoms. The molecule has 318 valence electrons. The third kappa shape index (κ3) is 6.82. The maximum Gasteiger partial charge on any atom is 0.231 e. The molecule has 4 aromatic heterocycles. The predicted molar refractivity (Wildman–Crippen MR) is 276 cm³/mol. The van der Waals surface area contributed by atoms with Crippen molar-refractivity contribution < 1.29 is 8.83 Å². The third-order valence-corrected chi connectivity index (χ3v) is 12.8. The highest BCUT2D eigenvalue weighted by Gasteiger charge is 2.22. The molecular formula is C62H38N4O2. The summed E-state index contributed by atoms with van der Waals surface area (Å²) in [6, 6.07) is 79.5. The first kappa shape index (κ1) is 39.1. The number of furan rings is 2. The van der Waals surface area contributed by atoms with Crippen LogP contribution in [0.2, 0.25) is 0 Å². The normalized spacial score (nSPS) is 11.5. The van der Waals surface area contributed by atoms with Crippen molar-refractivity contribution in [1.82, 2.24) is 19.9 Å². The molecule has 0 spiro atoms. The highest BCUT2D eigenvalue weighted by molar-refractivity contribution is 6.12. The van der Waals surface area contributed by atoms with Crippen molar-refractivity contribution in [2.75, 3.05) is 0 Å². The molecule has 4 heterocycles. The van der Waals surface area contributed by atoms with Gasteiger partial charge in [-0.3, -0.25) is 0 Å². The average molecular weight is 871 g/mol. The van der Waals surface area contributed by atoms with Gasteiger partial charge in [0.25, 0.3) is 0 Å². The largest absolute Gasteiger partial charge is 0.438 e. The van der Waals surface area contributed by atoms with Gasteiger partial charge in [-0.05, 0) is 62.7 Å². The summed E-state index contributed by atoms with van der Waals surface area (Å²) in [6.07, 6.45) is 0. The molecule has 0 fully saturated rings. The van der Waals surface area contributed by atoms with Crippen LogP contribution in [0.1, 0.15) is 0 Å². The van der Waals surface area contributed by atoms with E-state index in [1.54, 1.807) is 0 Å². The Morgan fingerprint density at radius 2 is 0.632 bits per heavy atom. The Balaban J connectivity index is 0.925. The van der Waals surface area contributed by atoms with Crippen molar-refractivity contribution in [2.24, 2.45) is 0 Å². The highest BCUT2D eigenvalue weighted by Crippen LogP contribution is 2.42. The molecule has 68 heavy (non-hydrogen) atoms. The monoisotopic (exact) mass is 870 g/mol. The van der Waals surface area contributed by atoms with Crippen molar-refractivity contribution in [1.29, 1.82) is 0 Å². The topological polar surface area (TPSA) is 77.8 Å². The molecule has 0 radical (unpaired) electrons. The second kappa shape index (κ2) is 16.3. The van der Waals surface area contributed by atoms with E-state index in [9.17, 15) is 0 Å². The van der Waals surface area contributed by atoms with Crippen LogP contribution in [-0.2, 0) is 0 Å². The maximum atomic E-state index is 6.50. The Morgan fingerprint density at radius 1 is 0.250 bits per heavy atom. The van der Waals surface area contributed by atoms with E-state index in [2.05, 4.69) is 176 Å². The Kier molecular flexibility index (Phi) is 9.39. The minimum absolute atomic E-state index is 0.544. The molecule has 6 nitrogen and oxygen atoms in total. The first-order valence-corrected chi connectivity index (χ1v) is 22.7. The molecule has 9 aromatic carbocycles. The van der Waals surface area contributed by atoms with Crippen LogP contribution in [0.4, 0.5) is 0 Å². The second-order valence-electron chi connectivity index (χ2n) is 16.9. The number of rotatable bonds is 8. The number of hydrogen-bond donors (Lipinski definition) is 0. The summed E-state index contributed by atoms with van der Waals surface area (Å²) in [5.41, 5.74) is 16.7. The van der Waals surface area contributed by atoms with Crippen LogP contribution in [0.25, 0.3) is 134 Å². The van der Waals surface area contributed by atoms with Crippen LogP contribution < -0.4 is 0 Å². The van der Waals surface area contributed by atoms with Crippen LogP contribution in [0.15, 0.2) is 239 Å². The van der Waals surface area contributed by atoms with Crippen LogP contribution in [-0.4, -0.2) is 19.9 Å². The fraction of sp³-hybridized carbons (Fsp3) is 0. The van der Waals surface area contributed by atoms with E-state index in [0.29, 0.717) is 23.1 Å². The van der Waals surface area contributed by atoms with Gasteiger partial charge in [0.05, 0.1) is 22.2 Å². The molecule has 13 aromatic rings. The maximum absolute atomic E-state index is 6.50. The van der Waals surface area contributed by atoms with Crippen molar-refractivity contribution in [3.63, 3.8) is 0 Å². The van der Waals surface area contributed by atoms with E-state index in [0.717, 1.165) is 111 Å². The molecule has 0 aliphatic carbocycles. The summed E-state index contributed by atoms with van der Waals surface area (Å²) in [5, 5.41) is 3.74. The fourth-order valence-electron chi connectivity index (χ4n) is 9.52. The molecule has 0 unspecified atom stereocenters. The Morgan fingerprint density at radius 3 is 1.19 bits per heavy atom. The van der Waals surface area contributed by atoms with Gasteiger partial charge in [-0.1, -0.05) is 212 Å². The van der Waals surface area contributed by atoms with Gasteiger partial charge in [0.2, 0.25) is 11.4 Å². The highest BCUT2D eigenvalue weighted by atomic mass is 16.3. The Bertz CT molecular complexity index is 4010. The number of para-hydroxylation sites is 2. The summed E-state index contributed by atoms with van der Waals surface area (Å²) in [4.78, 5) is 21.0. The van der Waals surface area contributed by atoms with E-state index in [4.69, 9.17) is 28.8 Å². The third-order valence-electron chi connectivity index (χ3n) is 12.8. The van der Waals surface area contributed by atoms with Crippen molar-refractivity contribution in [2.45, 2.75) is 0 Å². The van der Waals surface area contributed by atoms with Gasteiger partial charge in [0.15, 0.2) is 11.6 Å². The van der Waals surface area contributed by atoms with Crippen molar-refractivity contribution >= 4 is 44.1 Å². The van der Waals surface area contributed by atoms with E-state index >= 15 is 0 Å². The molecule has 0 bridgehead atoms. The van der Waals surface area contributed by atoms with Crippen molar-refractivity contribution in [3.8, 4) is 89.8 Å². The lowest BCUT2D eigenvalue weighted by Gasteiger charge is -2.15. The Labute approximate surface area is 391 Å². The van der Waals surface area contributed by atoms with E-state index in [1.165, 1.54) is 0 Å². The van der Waals surface area contributed by atoms with Gasteiger partial charge in [-0.2, -0.15) is 9.97 Å². The fourth-order valence-corrected chi connectivity index (χ4v) is 9.52.